The molecule has 1 aliphatic rings. The minimum Gasteiger partial charge on any atom is -0.453 e. The number of hydrogen-bond donors (Lipinski definition) is 1. The summed E-state index contributed by atoms with van der Waals surface area (Å²) >= 11 is 17.1. The quantitative estimate of drug-likeness (QED) is 0.260. The number of esters is 1. The van der Waals surface area contributed by atoms with Crippen molar-refractivity contribution >= 4 is 46.7 Å². The van der Waals surface area contributed by atoms with E-state index in [1.54, 1.807) is 31.2 Å². The van der Waals surface area contributed by atoms with Crippen LogP contribution in [0.2, 0.25) is 0 Å². The van der Waals surface area contributed by atoms with Crippen LogP contribution in [0.4, 0.5) is 0 Å². The maximum Gasteiger partial charge on any atom is 0.338 e. The maximum absolute atomic E-state index is 12.6. The molecule has 0 amide bonds. The summed E-state index contributed by atoms with van der Waals surface area (Å²) in [5, 5.41) is 7.80. The first kappa shape index (κ1) is 23.8. The first-order chi connectivity index (χ1) is 14.7. The predicted octanol–water partition coefficient (Wildman–Crippen LogP) is 5.30. The number of carbonyl (C=O) groups excluding carboxylic acids is 1. The summed E-state index contributed by atoms with van der Waals surface area (Å²) in [6, 6.07) is 18.3. The fraction of sp³-hybridized carbons (Fsp3) is 0.364. The fourth-order valence-electron chi connectivity index (χ4n) is 3.15. The smallest absolute Gasteiger partial charge is 0.338 e. The van der Waals surface area contributed by atoms with Crippen molar-refractivity contribution in [2.24, 2.45) is 0 Å². The molecule has 0 saturated carbocycles. The van der Waals surface area contributed by atoms with Gasteiger partial charge in [-0.1, -0.05) is 83.3 Å². The topological polar surface area (TPSA) is 77.8 Å². The van der Waals surface area contributed by atoms with Gasteiger partial charge in [0.15, 0.2) is 6.10 Å². The molecule has 31 heavy (non-hydrogen) atoms. The lowest BCUT2D eigenvalue weighted by Crippen LogP contribution is -2.51. The molecule has 166 valence electrons. The maximum atomic E-state index is 12.6. The van der Waals surface area contributed by atoms with Crippen LogP contribution in [0.3, 0.4) is 0 Å². The second-order valence-corrected chi connectivity index (χ2v) is 9.30. The van der Waals surface area contributed by atoms with E-state index in [9.17, 15) is 4.79 Å². The van der Waals surface area contributed by atoms with Crippen LogP contribution >= 0.6 is 34.8 Å². The Morgan fingerprint density at radius 2 is 1.68 bits per heavy atom. The molecule has 4 atom stereocenters. The number of ether oxygens (including phenoxy) is 4. The molecule has 1 fully saturated rings. The number of nitrogens with one attached hydrogen (secondary N) is 1. The first-order valence-electron chi connectivity index (χ1n) is 9.63. The van der Waals surface area contributed by atoms with Gasteiger partial charge in [-0.05, 0) is 24.6 Å². The Morgan fingerprint density at radius 3 is 2.29 bits per heavy atom. The van der Waals surface area contributed by atoms with Gasteiger partial charge >= 0.3 is 5.97 Å². The molecular weight excluding hydrogens is 465 g/mol. The monoisotopic (exact) mass is 485 g/mol. The summed E-state index contributed by atoms with van der Waals surface area (Å²) in [6.07, 6.45) is -2.57. The predicted molar refractivity (Wildman–Crippen MR) is 119 cm³/mol. The van der Waals surface area contributed by atoms with Gasteiger partial charge in [-0.15, -0.1) is 0 Å². The zero-order valence-corrected chi connectivity index (χ0v) is 18.9. The van der Waals surface area contributed by atoms with Gasteiger partial charge in [0.05, 0.1) is 18.3 Å². The lowest BCUT2D eigenvalue weighted by Gasteiger charge is -2.39. The van der Waals surface area contributed by atoms with Gasteiger partial charge in [0.2, 0.25) is 12.2 Å². The number of hydrogen-bond acceptors (Lipinski definition) is 6. The van der Waals surface area contributed by atoms with Gasteiger partial charge in [0.25, 0.3) is 3.79 Å². The lowest BCUT2D eigenvalue weighted by molar-refractivity contribution is -0.233. The van der Waals surface area contributed by atoms with Crippen LogP contribution in [0.1, 0.15) is 29.3 Å². The first-order valence-corrected chi connectivity index (χ1v) is 10.8. The Balaban J connectivity index is 1.73. The van der Waals surface area contributed by atoms with Crippen molar-refractivity contribution in [3.8, 4) is 0 Å². The standard InChI is InChI=1S/C22H22Cl3NO5/c1-14-19(31-20(27)16-10-6-3-7-11-16)17(28-13-15-8-4-2-5-9-15)12-18(29-14)30-21(26)22(23,24)25/h2-11,14,17-19,26H,12-13H2,1H3/t14-,17-,18+,19-/m1/s1. The second kappa shape index (κ2) is 10.7. The van der Waals surface area contributed by atoms with E-state index in [4.69, 9.17) is 59.2 Å². The van der Waals surface area contributed by atoms with Crippen LogP contribution in [0, 0.1) is 5.41 Å². The molecule has 1 saturated heterocycles. The third-order valence-corrected chi connectivity index (χ3v) is 5.20. The largest absolute Gasteiger partial charge is 0.453 e. The van der Waals surface area contributed by atoms with E-state index in [1.807, 2.05) is 36.4 Å². The third kappa shape index (κ3) is 6.82. The van der Waals surface area contributed by atoms with Gasteiger partial charge < -0.3 is 18.9 Å². The number of halogens is 3. The Hall–Kier alpha value is -1.83. The van der Waals surface area contributed by atoms with Crippen LogP contribution < -0.4 is 0 Å². The van der Waals surface area contributed by atoms with Gasteiger partial charge in [0, 0.05) is 6.42 Å². The molecule has 2 aromatic rings. The van der Waals surface area contributed by atoms with Crippen LogP contribution in [0.5, 0.6) is 0 Å². The normalized spacial score (nSPS) is 23.7. The highest BCUT2D eigenvalue weighted by Crippen LogP contribution is 2.32. The number of carbonyl (C=O) groups is 1. The van der Waals surface area contributed by atoms with Crippen molar-refractivity contribution in [3.63, 3.8) is 0 Å². The minimum atomic E-state index is -2.01. The molecular formula is C22H22Cl3NO5. The molecule has 0 aromatic heterocycles. The molecule has 0 aliphatic carbocycles. The Kier molecular flexibility index (Phi) is 8.19. The van der Waals surface area contributed by atoms with Gasteiger partial charge in [0.1, 0.15) is 6.10 Å². The molecule has 0 spiro atoms. The van der Waals surface area contributed by atoms with Crippen molar-refractivity contribution in [3.05, 3.63) is 71.8 Å². The third-order valence-electron chi connectivity index (χ3n) is 4.69. The number of benzene rings is 2. The van der Waals surface area contributed by atoms with E-state index in [-0.39, 0.29) is 6.42 Å². The summed E-state index contributed by atoms with van der Waals surface area (Å²) in [5.74, 6) is -1.04. The SMILES string of the molecule is C[C@H]1O[C@@H](OC(=N)C(Cl)(Cl)Cl)C[C@@H](OCc2ccccc2)[C@@H]1OC(=O)c1ccccc1. The number of alkyl halides is 3. The van der Waals surface area contributed by atoms with Crippen molar-refractivity contribution in [1.82, 2.24) is 0 Å². The van der Waals surface area contributed by atoms with Crippen molar-refractivity contribution in [1.29, 1.82) is 5.41 Å². The van der Waals surface area contributed by atoms with E-state index in [1.165, 1.54) is 0 Å². The molecule has 3 rings (SSSR count). The van der Waals surface area contributed by atoms with Gasteiger partial charge in [-0.25, -0.2) is 4.79 Å². The van der Waals surface area contributed by atoms with Gasteiger partial charge in [-0.3, -0.25) is 5.41 Å². The Bertz CT molecular complexity index is 876. The molecule has 1 aliphatic heterocycles. The molecule has 1 heterocycles. The highest BCUT2D eigenvalue weighted by molar-refractivity contribution is 6.76. The van der Waals surface area contributed by atoms with Crippen molar-refractivity contribution in [2.45, 2.75) is 48.3 Å². The van der Waals surface area contributed by atoms with Crippen LogP contribution in [0.25, 0.3) is 0 Å². The van der Waals surface area contributed by atoms with Crippen molar-refractivity contribution < 1.29 is 23.7 Å². The average molecular weight is 487 g/mol. The molecule has 0 unspecified atom stereocenters. The summed E-state index contributed by atoms with van der Waals surface area (Å²) < 4.78 is 21.0. The van der Waals surface area contributed by atoms with E-state index in [0.717, 1.165) is 5.56 Å². The van der Waals surface area contributed by atoms with E-state index < -0.39 is 40.3 Å². The fourth-order valence-corrected chi connectivity index (χ4v) is 3.28. The van der Waals surface area contributed by atoms with E-state index in [2.05, 4.69) is 0 Å². The molecule has 0 bridgehead atoms. The molecule has 0 radical (unpaired) electrons. The van der Waals surface area contributed by atoms with Crippen molar-refractivity contribution in [2.75, 3.05) is 0 Å². The summed E-state index contributed by atoms with van der Waals surface area (Å²) in [6.45, 7) is 2.03. The zero-order chi connectivity index (χ0) is 22.4. The zero-order valence-electron chi connectivity index (χ0n) is 16.7. The van der Waals surface area contributed by atoms with Crippen LogP contribution in [0.15, 0.2) is 60.7 Å². The van der Waals surface area contributed by atoms with E-state index >= 15 is 0 Å². The van der Waals surface area contributed by atoms with E-state index in [0.29, 0.717) is 12.2 Å². The summed E-state index contributed by atoms with van der Waals surface area (Å²) in [7, 11) is 0. The number of rotatable bonds is 6. The lowest BCUT2D eigenvalue weighted by atomic mass is 10.0. The summed E-state index contributed by atoms with van der Waals surface area (Å²) in [4.78, 5) is 12.6. The van der Waals surface area contributed by atoms with Crippen LogP contribution in [-0.4, -0.2) is 40.3 Å². The average Bonchev–Trinajstić information content (AvgIpc) is 2.75. The molecule has 1 N–H and O–H groups in total. The Labute approximate surface area is 195 Å². The molecule has 2 aromatic carbocycles. The highest BCUT2D eigenvalue weighted by atomic mass is 35.6. The minimum absolute atomic E-state index is 0.174. The molecule has 9 heteroatoms. The van der Waals surface area contributed by atoms with Crippen LogP contribution in [-0.2, 0) is 25.6 Å². The summed E-state index contributed by atoms with van der Waals surface area (Å²) in [5.41, 5.74) is 1.38. The van der Waals surface area contributed by atoms with Gasteiger partial charge in [-0.2, -0.15) is 0 Å². The highest BCUT2D eigenvalue weighted by Gasteiger charge is 2.42. The second-order valence-electron chi connectivity index (χ2n) is 7.02. The molecule has 6 nitrogen and oxygen atoms in total. The Morgan fingerprint density at radius 1 is 1.06 bits per heavy atom.